The van der Waals surface area contributed by atoms with Crippen molar-refractivity contribution in [2.45, 2.75) is 32.3 Å². The number of hydrogen-bond acceptors (Lipinski definition) is 5. The van der Waals surface area contributed by atoms with E-state index in [4.69, 9.17) is 16.2 Å². The van der Waals surface area contributed by atoms with Gasteiger partial charge in [-0.05, 0) is 44.4 Å². The molecule has 0 saturated carbocycles. The highest BCUT2D eigenvalue weighted by Crippen LogP contribution is 2.18. The van der Waals surface area contributed by atoms with Crippen molar-refractivity contribution >= 4 is 23.3 Å². The summed E-state index contributed by atoms with van der Waals surface area (Å²) in [4.78, 5) is 26.0. The highest BCUT2D eigenvalue weighted by atomic mass is 16.5. The number of nitrogens with two attached hydrogens (primary N) is 2. The van der Waals surface area contributed by atoms with Gasteiger partial charge in [0.1, 0.15) is 0 Å². The summed E-state index contributed by atoms with van der Waals surface area (Å²) in [5, 5.41) is 0. The number of amides is 1. The molecule has 0 bridgehead atoms. The third-order valence-electron chi connectivity index (χ3n) is 3.59. The number of esters is 1. The number of benzene rings is 1. The van der Waals surface area contributed by atoms with E-state index >= 15 is 0 Å². The molecule has 21 heavy (non-hydrogen) atoms. The maximum atomic E-state index is 12.2. The van der Waals surface area contributed by atoms with E-state index in [1.807, 2.05) is 0 Å². The Labute approximate surface area is 124 Å². The standard InChI is InChI=1S/C15H21N3O3/c1-10(14(19)18-7-3-2-4-8-18)21-15(20)12-6-5-11(16)9-13(12)17/h5-6,9-10H,2-4,7-8,16-17H2,1H3. The lowest BCUT2D eigenvalue weighted by Gasteiger charge is -2.29. The van der Waals surface area contributed by atoms with Gasteiger partial charge in [0.05, 0.1) is 5.56 Å². The number of rotatable bonds is 3. The predicted octanol–water partition coefficient (Wildman–Crippen LogP) is 1.41. The van der Waals surface area contributed by atoms with Crippen LogP contribution in [0.25, 0.3) is 0 Å². The molecule has 1 atom stereocenters. The highest BCUT2D eigenvalue weighted by Gasteiger charge is 2.25. The molecule has 0 aliphatic carbocycles. The molecule has 2 rings (SSSR count). The Balaban J connectivity index is 1.99. The average Bonchev–Trinajstić information content (AvgIpc) is 2.47. The molecule has 1 amide bonds. The van der Waals surface area contributed by atoms with Crippen LogP contribution in [0.3, 0.4) is 0 Å². The fraction of sp³-hybridized carbons (Fsp3) is 0.467. The molecule has 0 radical (unpaired) electrons. The number of hydrogen-bond donors (Lipinski definition) is 2. The average molecular weight is 291 g/mol. The maximum Gasteiger partial charge on any atom is 0.341 e. The van der Waals surface area contributed by atoms with Gasteiger partial charge in [-0.3, -0.25) is 4.79 Å². The second-order valence-electron chi connectivity index (χ2n) is 5.28. The first-order valence-corrected chi connectivity index (χ1v) is 7.14. The van der Waals surface area contributed by atoms with Gasteiger partial charge in [0.2, 0.25) is 0 Å². The fourth-order valence-electron chi connectivity index (χ4n) is 2.41. The molecule has 1 unspecified atom stereocenters. The zero-order valence-corrected chi connectivity index (χ0v) is 12.2. The molecule has 6 heteroatoms. The molecular formula is C15H21N3O3. The summed E-state index contributed by atoms with van der Waals surface area (Å²) in [6.07, 6.45) is 2.32. The van der Waals surface area contributed by atoms with Gasteiger partial charge in [0, 0.05) is 24.5 Å². The first-order chi connectivity index (χ1) is 9.99. The third-order valence-corrected chi connectivity index (χ3v) is 3.59. The van der Waals surface area contributed by atoms with E-state index in [0.29, 0.717) is 5.69 Å². The van der Waals surface area contributed by atoms with Gasteiger partial charge >= 0.3 is 5.97 Å². The number of carbonyl (C=O) groups is 2. The summed E-state index contributed by atoms with van der Waals surface area (Å²) in [6, 6.07) is 4.57. The van der Waals surface area contributed by atoms with E-state index < -0.39 is 12.1 Å². The lowest BCUT2D eigenvalue weighted by molar-refractivity contribution is -0.140. The molecule has 0 spiro atoms. The van der Waals surface area contributed by atoms with E-state index in [9.17, 15) is 9.59 Å². The van der Waals surface area contributed by atoms with Crippen molar-refractivity contribution in [3.63, 3.8) is 0 Å². The Morgan fingerprint density at radius 3 is 2.48 bits per heavy atom. The van der Waals surface area contributed by atoms with E-state index in [2.05, 4.69) is 0 Å². The summed E-state index contributed by atoms with van der Waals surface area (Å²) in [5.74, 6) is -0.762. The number of likely N-dealkylation sites (tertiary alicyclic amines) is 1. The number of nitrogen functional groups attached to an aromatic ring is 2. The van der Waals surface area contributed by atoms with Gasteiger partial charge in [-0.2, -0.15) is 0 Å². The lowest BCUT2D eigenvalue weighted by Crippen LogP contribution is -2.42. The first-order valence-electron chi connectivity index (χ1n) is 7.14. The van der Waals surface area contributed by atoms with Crippen LogP contribution in [-0.2, 0) is 9.53 Å². The molecule has 1 fully saturated rings. The molecular weight excluding hydrogens is 270 g/mol. The Kier molecular flexibility index (Phi) is 4.67. The quantitative estimate of drug-likeness (QED) is 0.648. The Morgan fingerprint density at radius 2 is 1.86 bits per heavy atom. The molecule has 1 aliphatic rings. The summed E-state index contributed by atoms with van der Waals surface area (Å²) in [7, 11) is 0. The number of carbonyl (C=O) groups excluding carboxylic acids is 2. The van der Waals surface area contributed by atoms with E-state index in [-0.39, 0.29) is 17.2 Å². The SMILES string of the molecule is CC(OC(=O)c1ccc(N)cc1N)C(=O)N1CCCCC1. The summed E-state index contributed by atoms with van der Waals surface area (Å²) >= 11 is 0. The van der Waals surface area contributed by atoms with Crippen LogP contribution in [0.2, 0.25) is 0 Å². The van der Waals surface area contributed by atoms with Gasteiger partial charge in [-0.25, -0.2) is 4.79 Å². The second kappa shape index (κ2) is 6.47. The number of ether oxygens (including phenoxy) is 1. The molecule has 1 heterocycles. The number of nitrogens with zero attached hydrogens (tertiary/aromatic N) is 1. The van der Waals surface area contributed by atoms with Crippen LogP contribution >= 0.6 is 0 Å². The zero-order chi connectivity index (χ0) is 15.4. The summed E-state index contributed by atoms with van der Waals surface area (Å²) in [5.41, 5.74) is 12.3. The molecule has 1 aromatic rings. The third kappa shape index (κ3) is 3.65. The van der Waals surface area contributed by atoms with Crippen molar-refractivity contribution in [3.05, 3.63) is 23.8 Å². The van der Waals surface area contributed by atoms with Gasteiger partial charge in [0.25, 0.3) is 5.91 Å². The Hall–Kier alpha value is -2.24. The molecule has 4 N–H and O–H groups in total. The Bertz CT molecular complexity index is 539. The highest BCUT2D eigenvalue weighted by molar-refractivity contribution is 5.97. The normalized spacial score (nSPS) is 16.3. The van der Waals surface area contributed by atoms with Gasteiger partial charge < -0.3 is 21.1 Å². The van der Waals surface area contributed by atoms with Gasteiger partial charge in [-0.1, -0.05) is 0 Å². The van der Waals surface area contributed by atoms with Crippen molar-refractivity contribution in [2.24, 2.45) is 0 Å². The molecule has 0 aromatic heterocycles. The minimum atomic E-state index is -0.812. The summed E-state index contributed by atoms with van der Waals surface area (Å²) < 4.78 is 5.22. The fourth-order valence-corrected chi connectivity index (χ4v) is 2.41. The van der Waals surface area contributed by atoms with Crippen molar-refractivity contribution < 1.29 is 14.3 Å². The van der Waals surface area contributed by atoms with Crippen LogP contribution in [0.15, 0.2) is 18.2 Å². The molecule has 114 valence electrons. The van der Waals surface area contributed by atoms with Crippen LogP contribution in [0, 0.1) is 0 Å². The van der Waals surface area contributed by atoms with Gasteiger partial charge in [-0.15, -0.1) is 0 Å². The molecule has 1 aromatic carbocycles. The second-order valence-corrected chi connectivity index (χ2v) is 5.28. The van der Waals surface area contributed by atoms with Crippen molar-refractivity contribution in [3.8, 4) is 0 Å². The van der Waals surface area contributed by atoms with Crippen LogP contribution in [0.1, 0.15) is 36.5 Å². The molecule has 6 nitrogen and oxygen atoms in total. The van der Waals surface area contributed by atoms with E-state index in [1.54, 1.807) is 17.9 Å². The first kappa shape index (κ1) is 15.2. The maximum absolute atomic E-state index is 12.2. The van der Waals surface area contributed by atoms with Crippen LogP contribution in [0.5, 0.6) is 0 Å². The van der Waals surface area contributed by atoms with Crippen molar-refractivity contribution in [1.82, 2.24) is 4.90 Å². The minimum absolute atomic E-state index is 0.155. The lowest BCUT2D eigenvalue weighted by atomic mass is 10.1. The van der Waals surface area contributed by atoms with Crippen LogP contribution in [-0.4, -0.2) is 36.0 Å². The van der Waals surface area contributed by atoms with Crippen molar-refractivity contribution in [2.75, 3.05) is 24.6 Å². The van der Waals surface area contributed by atoms with Gasteiger partial charge in [0.15, 0.2) is 6.10 Å². The minimum Gasteiger partial charge on any atom is -0.449 e. The summed E-state index contributed by atoms with van der Waals surface area (Å²) in [6.45, 7) is 3.04. The van der Waals surface area contributed by atoms with Crippen molar-refractivity contribution in [1.29, 1.82) is 0 Å². The number of piperidine rings is 1. The largest absolute Gasteiger partial charge is 0.449 e. The topological polar surface area (TPSA) is 98.6 Å². The zero-order valence-electron chi connectivity index (χ0n) is 12.2. The predicted molar refractivity (Wildman–Crippen MR) is 80.6 cm³/mol. The van der Waals surface area contributed by atoms with Crippen LogP contribution in [0.4, 0.5) is 11.4 Å². The molecule has 1 aliphatic heterocycles. The van der Waals surface area contributed by atoms with E-state index in [1.165, 1.54) is 12.1 Å². The molecule has 1 saturated heterocycles. The smallest absolute Gasteiger partial charge is 0.341 e. The number of anilines is 2. The Morgan fingerprint density at radius 1 is 1.19 bits per heavy atom. The van der Waals surface area contributed by atoms with E-state index in [0.717, 1.165) is 32.4 Å². The monoisotopic (exact) mass is 291 g/mol. The van der Waals surface area contributed by atoms with Crippen LogP contribution < -0.4 is 11.5 Å².